The Morgan fingerprint density at radius 2 is 1.78 bits per heavy atom. The van der Waals surface area contributed by atoms with Gasteiger partial charge in [-0.1, -0.05) is 48.6 Å². The predicted octanol–water partition coefficient (Wildman–Crippen LogP) is 4.45. The standard InChI is InChI=1S/C21H18N4OS/c1-14-19(21(26)25(24(14)2)17-9-4-3-5-10-17)22-13-16-12-15-8-6-7-11-18(15)23-20(16)27/h3-13H,1-2H3,(H,23,27). The molecule has 134 valence electrons. The van der Waals surface area contributed by atoms with Crippen molar-refractivity contribution in [3.8, 4) is 5.69 Å². The molecule has 2 aromatic carbocycles. The number of nitrogens with one attached hydrogen (secondary N) is 1. The molecular formula is C21H18N4OS. The third-order valence-corrected chi connectivity index (χ3v) is 4.98. The zero-order valence-electron chi connectivity index (χ0n) is 15.0. The Bertz CT molecular complexity index is 1280. The van der Waals surface area contributed by atoms with Gasteiger partial charge in [-0.25, -0.2) is 9.67 Å². The Morgan fingerprint density at radius 1 is 1.07 bits per heavy atom. The van der Waals surface area contributed by atoms with E-state index in [1.54, 1.807) is 10.9 Å². The van der Waals surface area contributed by atoms with E-state index in [1.165, 1.54) is 0 Å². The van der Waals surface area contributed by atoms with Crippen LogP contribution in [0.1, 0.15) is 11.3 Å². The first-order valence-corrected chi connectivity index (χ1v) is 8.97. The number of hydrogen-bond acceptors (Lipinski definition) is 3. The second kappa shape index (κ2) is 6.81. The minimum absolute atomic E-state index is 0.159. The van der Waals surface area contributed by atoms with Crippen molar-refractivity contribution in [3.05, 3.63) is 86.9 Å². The van der Waals surface area contributed by atoms with Crippen molar-refractivity contribution in [1.82, 2.24) is 14.3 Å². The number of fused-ring (bicyclic) bond motifs is 1. The average Bonchev–Trinajstić information content (AvgIpc) is 2.89. The summed E-state index contributed by atoms with van der Waals surface area (Å²) in [7, 11) is 1.85. The van der Waals surface area contributed by atoms with Gasteiger partial charge >= 0.3 is 0 Å². The number of aromatic amines is 1. The molecule has 0 atom stereocenters. The lowest BCUT2D eigenvalue weighted by Crippen LogP contribution is -2.19. The minimum atomic E-state index is -0.159. The number of hydrogen-bond donors (Lipinski definition) is 1. The number of para-hydroxylation sites is 2. The number of aromatic nitrogens is 3. The largest absolute Gasteiger partial charge is 0.346 e. The van der Waals surface area contributed by atoms with Crippen molar-refractivity contribution in [2.75, 3.05) is 0 Å². The number of pyridine rings is 1. The van der Waals surface area contributed by atoms with Crippen LogP contribution in [0.15, 0.2) is 70.5 Å². The second-order valence-corrected chi connectivity index (χ2v) is 6.72. The highest BCUT2D eigenvalue weighted by molar-refractivity contribution is 7.71. The Kier molecular flexibility index (Phi) is 4.33. The topological polar surface area (TPSA) is 55.1 Å². The van der Waals surface area contributed by atoms with E-state index in [2.05, 4.69) is 9.98 Å². The van der Waals surface area contributed by atoms with E-state index < -0.39 is 0 Å². The summed E-state index contributed by atoms with van der Waals surface area (Å²) in [6.45, 7) is 1.88. The summed E-state index contributed by atoms with van der Waals surface area (Å²) in [4.78, 5) is 20.6. The molecule has 0 spiro atoms. The van der Waals surface area contributed by atoms with Gasteiger partial charge in [0.1, 0.15) is 4.64 Å². The van der Waals surface area contributed by atoms with Crippen LogP contribution in [-0.2, 0) is 7.05 Å². The van der Waals surface area contributed by atoms with Gasteiger partial charge in [0.25, 0.3) is 5.56 Å². The van der Waals surface area contributed by atoms with E-state index in [1.807, 2.05) is 79.3 Å². The Balaban J connectivity index is 1.81. The normalized spacial score (nSPS) is 11.5. The highest BCUT2D eigenvalue weighted by atomic mass is 32.1. The summed E-state index contributed by atoms with van der Waals surface area (Å²) in [5.41, 5.74) is 3.59. The van der Waals surface area contributed by atoms with E-state index >= 15 is 0 Å². The third kappa shape index (κ3) is 3.04. The van der Waals surface area contributed by atoms with Crippen LogP contribution in [0.5, 0.6) is 0 Å². The summed E-state index contributed by atoms with van der Waals surface area (Å²) in [6.07, 6.45) is 1.66. The fourth-order valence-electron chi connectivity index (χ4n) is 3.10. The van der Waals surface area contributed by atoms with Crippen LogP contribution >= 0.6 is 12.2 Å². The van der Waals surface area contributed by atoms with Crippen molar-refractivity contribution >= 4 is 35.0 Å². The second-order valence-electron chi connectivity index (χ2n) is 6.31. The molecule has 2 aromatic heterocycles. The lowest BCUT2D eigenvalue weighted by Gasteiger charge is -2.07. The molecule has 0 aliphatic heterocycles. The smallest absolute Gasteiger partial charge is 0.297 e. The van der Waals surface area contributed by atoms with Crippen LogP contribution in [0.3, 0.4) is 0 Å². The molecule has 0 aliphatic rings. The van der Waals surface area contributed by atoms with Gasteiger partial charge in [-0.2, -0.15) is 0 Å². The van der Waals surface area contributed by atoms with Gasteiger partial charge in [0, 0.05) is 24.3 Å². The third-order valence-electron chi connectivity index (χ3n) is 4.64. The predicted molar refractivity (Wildman–Crippen MR) is 112 cm³/mol. The molecule has 0 saturated carbocycles. The molecule has 0 fully saturated rings. The molecule has 27 heavy (non-hydrogen) atoms. The molecule has 0 radical (unpaired) electrons. The summed E-state index contributed by atoms with van der Waals surface area (Å²) in [5, 5.41) is 1.04. The van der Waals surface area contributed by atoms with Crippen molar-refractivity contribution in [2.24, 2.45) is 12.0 Å². The lowest BCUT2D eigenvalue weighted by atomic mass is 10.2. The minimum Gasteiger partial charge on any atom is -0.346 e. The monoisotopic (exact) mass is 374 g/mol. The fourth-order valence-corrected chi connectivity index (χ4v) is 3.32. The molecule has 0 unspecified atom stereocenters. The summed E-state index contributed by atoms with van der Waals surface area (Å²) >= 11 is 5.43. The first kappa shape index (κ1) is 17.2. The number of benzene rings is 2. The SMILES string of the molecule is Cc1c(N=Cc2cc3ccccc3[nH]c2=S)c(=O)n(-c2ccccc2)n1C. The van der Waals surface area contributed by atoms with Crippen molar-refractivity contribution < 1.29 is 0 Å². The van der Waals surface area contributed by atoms with Gasteiger partial charge in [-0.3, -0.25) is 9.48 Å². The van der Waals surface area contributed by atoms with Gasteiger partial charge in [0.15, 0.2) is 5.69 Å². The molecule has 4 aromatic rings. The van der Waals surface area contributed by atoms with Gasteiger partial charge < -0.3 is 4.98 Å². The van der Waals surface area contributed by atoms with E-state index in [0.29, 0.717) is 10.3 Å². The summed E-state index contributed by atoms with van der Waals surface area (Å²) < 4.78 is 4.02. The van der Waals surface area contributed by atoms with E-state index in [4.69, 9.17) is 12.2 Å². The van der Waals surface area contributed by atoms with Crippen molar-refractivity contribution in [2.45, 2.75) is 6.92 Å². The van der Waals surface area contributed by atoms with Gasteiger partial charge in [-0.15, -0.1) is 0 Å². The maximum absolute atomic E-state index is 12.9. The number of aliphatic imine (C=N–C) groups is 1. The molecule has 4 rings (SSSR count). The van der Waals surface area contributed by atoms with Gasteiger partial charge in [0.05, 0.1) is 11.4 Å². The Hall–Kier alpha value is -3.25. The summed E-state index contributed by atoms with van der Waals surface area (Å²) in [6, 6.07) is 19.4. The molecule has 6 heteroatoms. The molecule has 0 bridgehead atoms. The zero-order valence-corrected chi connectivity index (χ0v) is 15.8. The van der Waals surface area contributed by atoms with Crippen molar-refractivity contribution in [3.63, 3.8) is 0 Å². The molecule has 2 heterocycles. The number of H-pyrrole nitrogens is 1. The Labute approximate surface area is 161 Å². The summed E-state index contributed by atoms with van der Waals surface area (Å²) in [5.74, 6) is 0. The molecule has 1 N–H and O–H groups in total. The van der Waals surface area contributed by atoms with Crippen LogP contribution in [0.25, 0.3) is 16.6 Å². The quantitative estimate of drug-likeness (QED) is 0.426. The van der Waals surface area contributed by atoms with Crippen LogP contribution in [0.2, 0.25) is 0 Å². The van der Waals surface area contributed by atoms with E-state index in [-0.39, 0.29) is 5.56 Å². The lowest BCUT2D eigenvalue weighted by molar-refractivity contribution is 0.630. The molecule has 0 amide bonds. The van der Waals surface area contributed by atoms with Crippen molar-refractivity contribution in [1.29, 1.82) is 0 Å². The van der Waals surface area contributed by atoms with Gasteiger partial charge in [-0.05, 0) is 36.6 Å². The first-order valence-electron chi connectivity index (χ1n) is 8.56. The van der Waals surface area contributed by atoms with Crippen LogP contribution < -0.4 is 5.56 Å². The highest BCUT2D eigenvalue weighted by Crippen LogP contribution is 2.18. The maximum Gasteiger partial charge on any atom is 0.297 e. The average molecular weight is 374 g/mol. The number of nitrogens with zero attached hydrogens (tertiary/aromatic N) is 3. The van der Waals surface area contributed by atoms with Crippen LogP contribution in [0, 0.1) is 11.6 Å². The zero-order chi connectivity index (χ0) is 19.0. The maximum atomic E-state index is 12.9. The molecule has 0 aliphatic carbocycles. The fraction of sp³-hybridized carbons (Fsp3) is 0.0952. The van der Waals surface area contributed by atoms with E-state index in [0.717, 1.165) is 27.8 Å². The van der Waals surface area contributed by atoms with Crippen LogP contribution in [-0.4, -0.2) is 20.6 Å². The highest BCUT2D eigenvalue weighted by Gasteiger charge is 2.15. The van der Waals surface area contributed by atoms with Gasteiger partial charge in [0.2, 0.25) is 0 Å². The van der Waals surface area contributed by atoms with E-state index in [9.17, 15) is 4.79 Å². The molecule has 5 nitrogen and oxygen atoms in total. The first-order chi connectivity index (χ1) is 13.1. The number of rotatable bonds is 3. The van der Waals surface area contributed by atoms with Crippen LogP contribution in [0.4, 0.5) is 5.69 Å². The molecule has 0 saturated heterocycles. The Morgan fingerprint density at radius 3 is 2.56 bits per heavy atom. The molecular weight excluding hydrogens is 356 g/mol.